The molecule has 5 heteroatoms. The summed E-state index contributed by atoms with van der Waals surface area (Å²) in [5.41, 5.74) is 6.73. The number of morpholine rings is 1. The van der Waals surface area contributed by atoms with Crippen LogP contribution in [0.25, 0.3) is 0 Å². The summed E-state index contributed by atoms with van der Waals surface area (Å²) in [4.78, 5) is 13.7. The molecule has 0 aliphatic carbocycles. The molecule has 0 bridgehead atoms. The first-order valence-electron chi connectivity index (χ1n) is 5.37. The van der Waals surface area contributed by atoms with Crippen molar-refractivity contribution in [3.63, 3.8) is 0 Å². The van der Waals surface area contributed by atoms with Gasteiger partial charge in [0.1, 0.15) is 0 Å². The highest BCUT2D eigenvalue weighted by Crippen LogP contribution is 2.12. The molecule has 2 rings (SSSR count). The Hall–Kier alpha value is -2.06. The van der Waals surface area contributed by atoms with Gasteiger partial charge in [-0.2, -0.15) is 5.26 Å². The van der Waals surface area contributed by atoms with Crippen molar-refractivity contribution in [1.82, 2.24) is 4.90 Å². The molecule has 1 aliphatic heterocycles. The molecule has 0 spiro atoms. The first-order chi connectivity index (χ1) is 8.20. The number of nitriles is 1. The van der Waals surface area contributed by atoms with Crippen LogP contribution in [0.3, 0.4) is 0 Å². The van der Waals surface area contributed by atoms with Crippen molar-refractivity contribution in [3.05, 3.63) is 29.8 Å². The molecule has 1 saturated heterocycles. The lowest BCUT2D eigenvalue weighted by Crippen LogP contribution is -2.45. The standard InChI is InChI=1S/C12H13N3O2/c13-7-11-8-15(4-5-17-11)12(16)9-2-1-3-10(14)6-9/h1-3,6,11H,4-5,8,14H2. The summed E-state index contributed by atoms with van der Waals surface area (Å²) in [7, 11) is 0. The lowest BCUT2D eigenvalue weighted by molar-refractivity contribution is 0.00347. The number of rotatable bonds is 1. The largest absolute Gasteiger partial charge is 0.399 e. The number of carbonyl (C=O) groups excluding carboxylic acids is 1. The van der Waals surface area contributed by atoms with Gasteiger partial charge in [0, 0.05) is 17.8 Å². The van der Waals surface area contributed by atoms with E-state index in [4.69, 9.17) is 15.7 Å². The summed E-state index contributed by atoms with van der Waals surface area (Å²) in [5, 5.41) is 8.77. The van der Waals surface area contributed by atoms with E-state index in [1.165, 1.54) is 0 Å². The Bertz CT molecular complexity index is 467. The van der Waals surface area contributed by atoms with Gasteiger partial charge in [0.05, 0.1) is 19.2 Å². The number of ether oxygens (including phenoxy) is 1. The molecule has 5 nitrogen and oxygen atoms in total. The Morgan fingerprint density at radius 3 is 3.12 bits per heavy atom. The number of hydrogen-bond donors (Lipinski definition) is 1. The molecule has 0 aromatic heterocycles. The van der Waals surface area contributed by atoms with Gasteiger partial charge in [-0.15, -0.1) is 0 Å². The van der Waals surface area contributed by atoms with E-state index in [1.54, 1.807) is 29.2 Å². The third kappa shape index (κ3) is 2.55. The highest BCUT2D eigenvalue weighted by atomic mass is 16.5. The van der Waals surface area contributed by atoms with E-state index in [2.05, 4.69) is 0 Å². The maximum atomic E-state index is 12.1. The van der Waals surface area contributed by atoms with Crippen LogP contribution >= 0.6 is 0 Å². The summed E-state index contributed by atoms with van der Waals surface area (Å²) in [5.74, 6) is -0.110. The molecule has 17 heavy (non-hydrogen) atoms. The summed E-state index contributed by atoms with van der Waals surface area (Å²) in [6.45, 7) is 1.21. The van der Waals surface area contributed by atoms with Gasteiger partial charge in [0.25, 0.3) is 5.91 Å². The fourth-order valence-electron chi connectivity index (χ4n) is 1.77. The van der Waals surface area contributed by atoms with Crippen molar-refractivity contribution in [2.75, 3.05) is 25.4 Å². The lowest BCUT2D eigenvalue weighted by Gasteiger charge is -2.29. The first kappa shape index (κ1) is 11.4. The minimum atomic E-state index is -0.534. The van der Waals surface area contributed by atoms with Crippen LogP contribution < -0.4 is 5.73 Å². The average Bonchev–Trinajstić information content (AvgIpc) is 2.38. The van der Waals surface area contributed by atoms with Gasteiger partial charge in [-0.05, 0) is 18.2 Å². The smallest absolute Gasteiger partial charge is 0.254 e. The van der Waals surface area contributed by atoms with Crippen LogP contribution in [-0.2, 0) is 4.74 Å². The molecule has 88 valence electrons. The van der Waals surface area contributed by atoms with Crippen molar-refractivity contribution in [3.8, 4) is 6.07 Å². The van der Waals surface area contributed by atoms with Gasteiger partial charge in [-0.25, -0.2) is 0 Å². The number of nitrogens with two attached hydrogens (primary N) is 1. The summed E-state index contributed by atoms with van der Waals surface area (Å²) in [6, 6.07) is 8.84. The lowest BCUT2D eigenvalue weighted by atomic mass is 10.1. The average molecular weight is 231 g/mol. The van der Waals surface area contributed by atoms with Crippen molar-refractivity contribution >= 4 is 11.6 Å². The molecule has 1 heterocycles. The Morgan fingerprint density at radius 1 is 1.59 bits per heavy atom. The van der Waals surface area contributed by atoms with Crippen LogP contribution in [0.15, 0.2) is 24.3 Å². The zero-order valence-electron chi connectivity index (χ0n) is 9.30. The minimum Gasteiger partial charge on any atom is -0.399 e. The molecule has 1 aromatic carbocycles. The van der Waals surface area contributed by atoms with Crippen molar-refractivity contribution in [1.29, 1.82) is 5.26 Å². The Morgan fingerprint density at radius 2 is 2.41 bits per heavy atom. The van der Waals surface area contributed by atoms with Crippen LogP contribution in [-0.4, -0.2) is 36.6 Å². The van der Waals surface area contributed by atoms with E-state index < -0.39 is 6.10 Å². The second kappa shape index (κ2) is 4.85. The zero-order chi connectivity index (χ0) is 12.3. The summed E-state index contributed by atoms with van der Waals surface area (Å²) < 4.78 is 5.19. The highest BCUT2D eigenvalue weighted by molar-refractivity contribution is 5.95. The molecule has 1 amide bonds. The topological polar surface area (TPSA) is 79.4 Å². The van der Waals surface area contributed by atoms with Crippen LogP contribution in [0.1, 0.15) is 10.4 Å². The maximum absolute atomic E-state index is 12.1. The molecule has 1 fully saturated rings. The molecule has 1 atom stereocenters. The zero-order valence-corrected chi connectivity index (χ0v) is 9.30. The first-order valence-corrected chi connectivity index (χ1v) is 5.37. The van der Waals surface area contributed by atoms with Crippen LogP contribution in [0.2, 0.25) is 0 Å². The fraction of sp³-hybridized carbons (Fsp3) is 0.333. The number of nitrogen functional groups attached to an aromatic ring is 1. The second-order valence-electron chi connectivity index (χ2n) is 3.87. The molecular weight excluding hydrogens is 218 g/mol. The highest BCUT2D eigenvalue weighted by Gasteiger charge is 2.24. The number of nitrogens with zero attached hydrogens (tertiary/aromatic N) is 2. The molecular formula is C12H13N3O2. The number of benzene rings is 1. The number of anilines is 1. The molecule has 2 N–H and O–H groups in total. The Balaban J connectivity index is 2.12. The van der Waals surface area contributed by atoms with Gasteiger partial charge < -0.3 is 15.4 Å². The van der Waals surface area contributed by atoms with E-state index in [9.17, 15) is 4.79 Å². The van der Waals surface area contributed by atoms with Crippen LogP contribution in [0, 0.1) is 11.3 Å². The number of amides is 1. The van der Waals surface area contributed by atoms with E-state index in [-0.39, 0.29) is 5.91 Å². The van der Waals surface area contributed by atoms with E-state index in [0.717, 1.165) is 0 Å². The maximum Gasteiger partial charge on any atom is 0.254 e. The molecule has 0 radical (unpaired) electrons. The monoisotopic (exact) mass is 231 g/mol. The molecule has 1 unspecified atom stereocenters. The molecule has 1 aliphatic rings. The van der Waals surface area contributed by atoms with Crippen molar-refractivity contribution in [2.24, 2.45) is 0 Å². The Labute approximate surface area is 99.4 Å². The van der Waals surface area contributed by atoms with Gasteiger partial charge in [-0.1, -0.05) is 6.07 Å². The molecule has 1 aromatic rings. The Kier molecular flexibility index (Phi) is 3.26. The number of carbonyl (C=O) groups is 1. The van der Waals surface area contributed by atoms with Gasteiger partial charge in [0.15, 0.2) is 6.10 Å². The predicted molar refractivity (Wildman–Crippen MR) is 62.1 cm³/mol. The van der Waals surface area contributed by atoms with Gasteiger partial charge in [-0.3, -0.25) is 4.79 Å². The second-order valence-corrected chi connectivity index (χ2v) is 3.87. The number of hydrogen-bond acceptors (Lipinski definition) is 4. The van der Waals surface area contributed by atoms with Gasteiger partial charge >= 0.3 is 0 Å². The van der Waals surface area contributed by atoms with Crippen molar-refractivity contribution in [2.45, 2.75) is 6.10 Å². The SMILES string of the molecule is N#CC1CN(C(=O)c2cccc(N)c2)CCO1. The van der Waals surface area contributed by atoms with Gasteiger partial charge in [0.2, 0.25) is 0 Å². The van der Waals surface area contributed by atoms with E-state index >= 15 is 0 Å². The minimum absolute atomic E-state index is 0.110. The normalized spacial score (nSPS) is 19.7. The van der Waals surface area contributed by atoms with E-state index in [0.29, 0.717) is 30.9 Å². The summed E-state index contributed by atoms with van der Waals surface area (Å²) in [6.07, 6.45) is -0.534. The van der Waals surface area contributed by atoms with Crippen LogP contribution in [0.5, 0.6) is 0 Å². The van der Waals surface area contributed by atoms with Crippen molar-refractivity contribution < 1.29 is 9.53 Å². The third-order valence-electron chi connectivity index (χ3n) is 2.63. The predicted octanol–water partition coefficient (Wildman–Crippen LogP) is 0.633. The molecule has 0 saturated carbocycles. The quantitative estimate of drug-likeness (QED) is 0.719. The summed E-state index contributed by atoms with van der Waals surface area (Å²) >= 11 is 0. The fourth-order valence-corrected chi connectivity index (χ4v) is 1.77. The third-order valence-corrected chi connectivity index (χ3v) is 2.63. The van der Waals surface area contributed by atoms with E-state index in [1.807, 2.05) is 6.07 Å². The van der Waals surface area contributed by atoms with Crippen LogP contribution in [0.4, 0.5) is 5.69 Å².